The van der Waals surface area contributed by atoms with Gasteiger partial charge in [0.15, 0.2) is 11.7 Å². The van der Waals surface area contributed by atoms with Crippen LogP contribution in [0.2, 0.25) is 0 Å². The lowest BCUT2D eigenvalue weighted by Crippen LogP contribution is -3.15. The average Bonchev–Trinajstić information content (AvgIpc) is 2.70. The number of ether oxygens (including phenoxy) is 1. The van der Waals surface area contributed by atoms with Crippen LogP contribution in [-0.4, -0.2) is 55.3 Å². The third-order valence-electron chi connectivity index (χ3n) is 4.69. The molecule has 0 radical (unpaired) electrons. The minimum absolute atomic E-state index is 0.117. The highest BCUT2D eigenvalue weighted by Gasteiger charge is 2.23. The van der Waals surface area contributed by atoms with Gasteiger partial charge in [0.25, 0.3) is 5.91 Å². The number of carbonyl (C=O) groups is 1. The minimum atomic E-state index is -0.364. The van der Waals surface area contributed by atoms with Gasteiger partial charge in [0.05, 0.1) is 32.8 Å². The fourth-order valence-electron chi connectivity index (χ4n) is 3.20. The number of hydrogen-bond donors (Lipinski definition) is 3. The molecule has 6 nitrogen and oxygen atoms in total. The molecule has 29 heavy (non-hydrogen) atoms. The number of rotatable bonds is 6. The Bertz CT molecular complexity index is 839. The molecule has 0 aliphatic carbocycles. The van der Waals surface area contributed by atoms with Crippen LogP contribution in [0.25, 0.3) is 0 Å². The molecule has 0 bridgehead atoms. The van der Waals surface area contributed by atoms with Gasteiger partial charge in [-0.05, 0) is 61.6 Å². The summed E-state index contributed by atoms with van der Waals surface area (Å²) in [6.45, 7) is 6.09. The summed E-state index contributed by atoms with van der Waals surface area (Å²) in [6.07, 6.45) is 0. The zero-order valence-electron chi connectivity index (χ0n) is 16.4. The van der Waals surface area contributed by atoms with Gasteiger partial charge in [-0.15, -0.1) is 0 Å². The van der Waals surface area contributed by atoms with E-state index in [2.05, 4.69) is 15.5 Å². The normalized spacial score (nSPS) is 14.3. The van der Waals surface area contributed by atoms with E-state index < -0.39 is 0 Å². The molecule has 0 aromatic heterocycles. The van der Waals surface area contributed by atoms with Gasteiger partial charge in [0, 0.05) is 11.4 Å². The second-order valence-electron chi connectivity index (χ2n) is 6.86. The maximum atomic E-state index is 13.2. The van der Waals surface area contributed by atoms with Crippen molar-refractivity contribution >= 4 is 34.6 Å². The number of benzene rings is 2. The van der Waals surface area contributed by atoms with Gasteiger partial charge in [-0.25, -0.2) is 4.39 Å². The van der Waals surface area contributed by atoms with Crippen molar-refractivity contribution in [2.75, 3.05) is 50.0 Å². The van der Waals surface area contributed by atoms with E-state index in [4.69, 9.17) is 17.0 Å². The van der Waals surface area contributed by atoms with Crippen LogP contribution in [0.1, 0.15) is 6.92 Å². The molecular weight excluding hydrogens is 391 g/mol. The number of carbonyl (C=O) groups excluding carboxylic acids is 1. The van der Waals surface area contributed by atoms with E-state index in [0.717, 1.165) is 37.6 Å². The van der Waals surface area contributed by atoms with Crippen molar-refractivity contribution in [3.63, 3.8) is 0 Å². The second-order valence-corrected chi connectivity index (χ2v) is 7.25. The van der Waals surface area contributed by atoms with E-state index in [1.807, 2.05) is 31.2 Å². The first-order valence-electron chi connectivity index (χ1n) is 9.71. The number of nitrogens with one attached hydrogen (secondary N) is 3. The Hall–Kier alpha value is -2.71. The van der Waals surface area contributed by atoms with Crippen molar-refractivity contribution in [1.29, 1.82) is 0 Å². The van der Waals surface area contributed by atoms with E-state index in [1.54, 1.807) is 12.1 Å². The predicted molar refractivity (Wildman–Crippen MR) is 116 cm³/mol. The van der Waals surface area contributed by atoms with Crippen molar-refractivity contribution in [3.05, 3.63) is 54.3 Å². The molecule has 0 saturated carbocycles. The van der Waals surface area contributed by atoms with Crippen molar-refractivity contribution in [1.82, 2.24) is 4.90 Å². The highest BCUT2D eigenvalue weighted by atomic mass is 32.1. The van der Waals surface area contributed by atoms with E-state index in [1.165, 1.54) is 17.0 Å². The number of quaternary nitrogens is 1. The van der Waals surface area contributed by atoms with Crippen molar-refractivity contribution in [2.24, 2.45) is 0 Å². The maximum Gasteiger partial charge on any atom is 0.279 e. The second kappa shape index (κ2) is 10.2. The first-order valence-corrected chi connectivity index (χ1v) is 10.1. The molecule has 1 heterocycles. The maximum absolute atomic E-state index is 13.2. The van der Waals surface area contributed by atoms with Crippen LogP contribution in [-0.2, 0) is 4.79 Å². The van der Waals surface area contributed by atoms with E-state index in [-0.39, 0.29) is 11.7 Å². The summed E-state index contributed by atoms with van der Waals surface area (Å²) < 4.78 is 18.7. The molecule has 3 N–H and O–H groups in total. The molecule has 1 saturated heterocycles. The fraction of sp³-hybridized carbons (Fsp3) is 0.333. The fourth-order valence-corrected chi connectivity index (χ4v) is 3.51. The summed E-state index contributed by atoms with van der Waals surface area (Å²) in [5, 5.41) is 6.68. The smallest absolute Gasteiger partial charge is 0.279 e. The first-order chi connectivity index (χ1) is 14.0. The molecule has 0 unspecified atom stereocenters. The number of thiocarbonyl (C=S) groups is 1. The number of amides is 1. The van der Waals surface area contributed by atoms with E-state index in [9.17, 15) is 9.18 Å². The largest absolute Gasteiger partial charge is 0.494 e. The molecule has 1 fully saturated rings. The van der Waals surface area contributed by atoms with Crippen LogP contribution >= 0.6 is 12.2 Å². The van der Waals surface area contributed by atoms with Gasteiger partial charge in [-0.3, -0.25) is 4.79 Å². The molecule has 3 rings (SSSR count). The van der Waals surface area contributed by atoms with Crippen LogP contribution in [0.5, 0.6) is 5.75 Å². The molecule has 0 atom stereocenters. The summed E-state index contributed by atoms with van der Waals surface area (Å²) in [5.41, 5.74) is 1.40. The SMILES string of the molecule is CCOc1ccc(NC(=S)N2CC[NH+](CC(=O)Nc3cccc(F)c3)CC2)cc1. The number of hydrogen-bond acceptors (Lipinski definition) is 3. The standard InChI is InChI=1S/C21H25FN4O2S/c1-2-28-19-8-6-17(7-9-19)24-21(29)26-12-10-25(11-13-26)15-20(27)23-18-5-3-4-16(22)14-18/h3-9,14H,2,10-13,15H2,1H3,(H,23,27)(H,24,29)/p+1. The van der Waals surface area contributed by atoms with Crippen LogP contribution in [0.15, 0.2) is 48.5 Å². The zero-order valence-corrected chi connectivity index (χ0v) is 17.2. The molecule has 1 aliphatic heterocycles. The van der Waals surface area contributed by atoms with Gasteiger partial charge in [-0.1, -0.05) is 6.07 Å². The van der Waals surface area contributed by atoms with E-state index in [0.29, 0.717) is 24.0 Å². The first kappa shape index (κ1) is 21.0. The summed E-state index contributed by atoms with van der Waals surface area (Å²) >= 11 is 5.52. The Morgan fingerprint density at radius 2 is 1.86 bits per heavy atom. The van der Waals surface area contributed by atoms with Crippen molar-refractivity contribution in [2.45, 2.75) is 6.92 Å². The molecule has 8 heteroatoms. The third-order valence-corrected chi connectivity index (χ3v) is 5.05. The topological polar surface area (TPSA) is 58.0 Å². The lowest BCUT2D eigenvalue weighted by molar-refractivity contribution is -0.895. The van der Waals surface area contributed by atoms with Gasteiger partial charge in [-0.2, -0.15) is 0 Å². The highest BCUT2D eigenvalue weighted by molar-refractivity contribution is 7.80. The molecule has 2 aromatic carbocycles. The Labute approximate surface area is 175 Å². The number of anilines is 2. The highest BCUT2D eigenvalue weighted by Crippen LogP contribution is 2.16. The molecular formula is C21H26FN4O2S+. The molecule has 154 valence electrons. The third kappa shape index (κ3) is 6.40. The van der Waals surface area contributed by atoms with Gasteiger partial charge < -0.3 is 25.2 Å². The number of piperazine rings is 1. The van der Waals surface area contributed by atoms with Gasteiger partial charge >= 0.3 is 0 Å². The Kier molecular flexibility index (Phi) is 7.37. The van der Waals surface area contributed by atoms with Crippen LogP contribution in [0.3, 0.4) is 0 Å². The predicted octanol–water partition coefficient (Wildman–Crippen LogP) is 1.76. The molecule has 1 amide bonds. The van der Waals surface area contributed by atoms with Gasteiger partial charge in [0.2, 0.25) is 0 Å². The van der Waals surface area contributed by atoms with Crippen molar-refractivity contribution in [3.8, 4) is 5.75 Å². The average molecular weight is 418 g/mol. The molecule has 1 aliphatic rings. The van der Waals surface area contributed by atoms with Crippen LogP contribution in [0, 0.1) is 5.82 Å². The quantitative estimate of drug-likeness (QED) is 0.626. The summed E-state index contributed by atoms with van der Waals surface area (Å²) in [7, 11) is 0. The monoisotopic (exact) mass is 417 g/mol. The summed E-state index contributed by atoms with van der Waals surface area (Å²) in [4.78, 5) is 15.5. The summed E-state index contributed by atoms with van der Waals surface area (Å²) in [5.74, 6) is 0.351. The zero-order chi connectivity index (χ0) is 20.6. The van der Waals surface area contributed by atoms with Gasteiger partial charge in [0.1, 0.15) is 11.6 Å². The number of nitrogens with zero attached hydrogens (tertiary/aromatic N) is 1. The van der Waals surface area contributed by atoms with Crippen LogP contribution < -0.4 is 20.3 Å². The molecule has 2 aromatic rings. The number of halogens is 1. The lowest BCUT2D eigenvalue weighted by atomic mass is 10.3. The van der Waals surface area contributed by atoms with E-state index >= 15 is 0 Å². The Morgan fingerprint density at radius 1 is 1.14 bits per heavy atom. The Morgan fingerprint density at radius 3 is 2.52 bits per heavy atom. The lowest BCUT2D eigenvalue weighted by Gasteiger charge is -2.33. The minimum Gasteiger partial charge on any atom is -0.494 e. The molecule has 0 spiro atoms. The summed E-state index contributed by atoms with van der Waals surface area (Å²) in [6, 6.07) is 13.6. The van der Waals surface area contributed by atoms with Crippen LogP contribution in [0.4, 0.5) is 15.8 Å². The van der Waals surface area contributed by atoms with Crippen molar-refractivity contribution < 1.29 is 18.8 Å². The Balaban J connectivity index is 1.42.